The third-order valence-electron chi connectivity index (χ3n) is 9.23. The Hall–Kier alpha value is -0.820. The maximum atomic E-state index is 6.55. The molecule has 1 nitrogen and oxygen atoms in total. The Morgan fingerprint density at radius 3 is 2.72 bits per heavy atom. The minimum Gasteiger partial charge on any atom is -0.363 e. The summed E-state index contributed by atoms with van der Waals surface area (Å²) in [7, 11) is 0. The quantitative estimate of drug-likeness (QED) is 0.527. The maximum Gasteiger partial charge on any atom is 0.0983 e. The summed E-state index contributed by atoms with van der Waals surface area (Å²) < 4.78 is 6.55. The van der Waals surface area contributed by atoms with Crippen molar-refractivity contribution in [2.75, 3.05) is 0 Å². The molecule has 0 aromatic heterocycles. The Labute approximate surface area is 153 Å². The third-order valence-corrected chi connectivity index (χ3v) is 9.23. The van der Waals surface area contributed by atoms with Crippen molar-refractivity contribution in [1.29, 1.82) is 0 Å². The van der Waals surface area contributed by atoms with Gasteiger partial charge in [-0.2, -0.15) is 0 Å². The van der Waals surface area contributed by atoms with Crippen LogP contribution in [0.1, 0.15) is 65.2 Å². The molecule has 1 spiro atoms. The van der Waals surface area contributed by atoms with E-state index < -0.39 is 0 Å². The van der Waals surface area contributed by atoms with Gasteiger partial charge in [0.25, 0.3) is 0 Å². The van der Waals surface area contributed by atoms with E-state index in [-0.39, 0.29) is 17.1 Å². The highest BCUT2D eigenvalue weighted by Crippen LogP contribution is 2.72. The first-order chi connectivity index (χ1) is 12.0. The molecule has 1 saturated heterocycles. The number of ether oxygens (including phenoxy) is 1. The Morgan fingerprint density at radius 2 is 2.00 bits per heavy atom. The topological polar surface area (TPSA) is 9.23 Å². The fourth-order valence-corrected chi connectivity index (χ4v) is 8.26. The second-order valence-electron chi connectivity index (χ2n) is 9.70. The van der Waals surface area contributed by atoms with Crippen LogP contribution in [-0.2, 0) is 4.74 Å². The molecule has 0 aromatic carbocycles. The van der Waals surface area contributed by atoms with Gasteiger partial charge in [0.05, 0.1) is 11.7 Å². The van der Waals surface area contributed by atoms with Gasteiger partial charge in [-0.15, -0.1) is 0 Å². The molecule has 5 aliphatic rings. The lowest BCUT2D eigenvalue weighted by atomic mass is 9.46. The number of fused-ring (bicyclic) bond motifs is 6. The first-order valence-corrected chi connectivity index (χ1v) is 10.8. The van der Waals surface area contributed by atoms with E-state index in [1.807, 2.05) is 0 Å². The number of hydrogen-bond acceptors (Lipinski definition) is 1. The molecular formula is C24H34O. The first-order valence-electron chi connectivity index (χ1n) is 10.8. The van der Waals surface area contributed by atoms with Crippen LogP contribution in [0.25, 0.3) is 0 Å². The van der Waals surface area contributed by atoms with Crippen LogP contribution in [-0.4, -0.2) is 11.7 Å². The minimum absolute atomic E-state index is 0.0247. The van der Waals surface area contributed by atoms with E-state index in [1.54, 1.807) is 5.57 Å². The van der Waals surface area contributed by atoms with E-state index in [0.29, 0.717) is 0 Å². The zero-order chi connectivity index (χ0) is 17.4. The standard InChI is InChI=1S/C24H34O/c1-5-23-14-15(2)22-19-9-7-6-8-18(19)10-11-20(22)21(23)12-13-24(23)16(3)17(4)25-24/h6,8,17-22H,2-3,5,7,9-14H2,1,4H3/t17?,18-,19+,20+,21+,22-,23+,24+/m1/s1. The molecule has 0 N–H and O–H groups in total. The molecule has 3 saturated carbocycles. The Kier molecular flexibility index (Phi) is 3.50. The molecule has 1 aliphatic heterocycles. The highest BCUT2D eigenvalue weighted by Gasteiger charge is 2.70. The van der Waals surface area contributed by atoms with Crippen molar-refractivity contribution in [2.24, 2.45) is 35.0 Å². The normalized spacial score (nSPS) is 54.0. The summed E-state index contributed by atoms with van der Waals surface area (Å²) in [4.78, 5) is 0. The van der Waals surface area contributed by atoms with Crippen LogP contribution in [0.15, 0.2) is 36.5 Å². The smallest absolute Gasteiger partial charge is 0.0983 e. The van der Waals surface area contributed by atoms with E-state index in [9.17, 15) is 0 Å². The van der Waals surface area contributed by atoms with Gasteiger partial charge in [0.1, 0.15) is 0 Å². The van der Waals surface area contributed by atoms with Crippen LogP contribution in [0.4, 0.5) is 0 Å². The van der Waals surface area contributed by atoms with Crippen molar-refractivity contribution >= 4 is 0 Å². The van der Waals surface area contributed by atoms with Crippen LogP contribution < -0.4 is 0 Å². The van der Waals surface area contributed by atoms with Crippen molar-refractivity contribution in [1.82, 2.24) is 0 Å². The maximum absolute atomic E-state index is 6.55. The lowest BCUT2D eigenvalue weighted by molar-refractivity contribution is -0.210. The summed E-state index contributed by atoms with van der Waals surface area (Å²) >= 11 is 0. The SMILES string of the molecule is C=C1C[C@@]2(CC)[C@@H](CC[C@@]23OC(C)C3=C)[C@@H]2CC[C@H]3C=CCC[C@@H]3[C@@H]12. The van der Waals surface area contributed by atoms with Crippen LogP contribution in [0.3, 0.4) is 0 Å². The third kappa shape index (κ3) is 1.84. The lowest BCUT2D eigenvalue weighted by Gasteiger charge is -2.63. The Balaban J connectivity index is 1.53. The predicted molar refractivity (Wildman–Crippen MR) is 103 cm³/mol. The molecule has 0 bridgehead atoms. The van der Waals surface area contributed by atoms with Gasteiger partial charge in [-0.05, 0) is 93.5 Å². The van der Waals surface area contributed by atoms with Gasteiger partial charge < -0.3 is 4.74 Å². The summed E-state index contributed by atoms with van der Waals surface area (Å²) in [6, 6.07) is 0. The molecule has 4 aliphatic carbocycles. The fraction of sp³-hybridized carbons (Fsp3) is 0.750. The van der Waals surface area contributed by atoms with Crippen molar-refractivity contribution < 1.29 is 4.74 Å². The molecule has 4 fully saturated rings. The van der Waals surface area contributed by atoms with E-state index in [0.717, 1.165) is 29.6 Å². The van der Waals surface area contributed by atoms with Crippen LogP contribution in [0, 0.1) is 35.0 Å². The van der Waals surface area contributed by atoms with E-state index in [2.05, 4.69) is 32.6 Å². The molecule has 0 radical (unpaired) electrons. The van der Waals surface area contributed by atoms with Gasteiger partial charge in [-0.3, -0.25) is 0 Å². The molecule has 0 amide bonds. The zero-order valence-corrected chi connectivity index (χ0v) is 16.1. The second kappa shape index (κ2) is 5.35. The number of allylic oxidation sites excluding steroid dienone is 3. The van der Waals surface area contributed by atoms with E-state index in [1.165, 1.54) is 56.9 Å². The molecule has 0 aromatic rings. The lowest BCUT2D eigenvalue weighted by Crippen LogP contribution is -2.63. The molecule has 136 valence electrons. The van der Waals surface area contributed by atoms with Crippen molar-refractivity contribution in [3.05, 3.63) is 36.5 Å². The van der Waals surface area contributed by atoms with Gasteiger partial charge in [-0.1, -0.05) is 37.8 Å². The van der Waals surface area contributed by atoms with E-state index >= 15 is 0 Å². The van der Waals surface area contributed by atoms with E-state index in [4.69, 9.17) is 11.3 Å². The van der Waals surface area contributed by atoms with Crippen LogP contribution >= 0.6 is 0 Å². The fourth-order valence-electron chi connectivity index (χ4n) is 8.26. The summed E-state index contributed by atoms with van der Waals surface area (Å²) in [6.45, 7) is 13.8. The molecule has 8 atom stereocenters. The predicted octanol–water partition coefficient (Wildman–Crippen LogP) is 6.08. The largest absolute Gasteiger partial charge is 0.363 e. The van der Waals surface area contributed by atoms with Crippen molar-refractivity contribution in [3.8, 4) is 0 Å². The average molecular weight is 339 g/mol. The number of hydrogen-bond donors (Lipinski definition) is 0. The van der Waals surface area contributed by atoms with Gasteiger partial charge in [0.2, 0.25) is 0 Å². The first kappa shape index (κ1) is 16.4. The highest BCUT2D eigenvalue weighted by atomic mass is 16.5. The van der Waals surface area contributed by atoms with Gasteiger partial charge in [0, 0.05) is 5.41 Å². The van der Waals surface area contributed by atoms with Crippen LogP contribution in [0.2, 0.25) is 0 Å². The Morgan fingerprint density at radius 1 is 1.16 bits per heavy atom. The average Bonchev–Trinajstić information content (AvgIpc) is 2.98. The summed E-state index contributed by atoms with van der Waals surface area (Å²) in [5.74, 6) is 4.14. The Bertz CT molecular complexity index is 644. The summed E-state index contributed by atoms with van der Waals surface area (Å²) in [5.41, 5.74) is 3.21. The molecular weight excluding hydrogens is 304 g/mol. The summed E-state index contributed by atoms with van der Waals surface area (Å²) in [5, 5.41) is 0. The number of rotatable bonds is 1. The molecule has 1 unspecified atom stereocenters. The zero-order valence-electron chi connectivity index (χ0n) is 16.1. The van der Waals surface area contributed by atoms with Crippen LogP contribution in [0.5, 0.6) is 0 Å². The van der Waals surface area contributed by atoms with Gasteiger partial charge in [0.15, 0.2) is 0 Å². The van der Waals surface area contributed by atoms with Crippen molar-refractivity contribution in [3.63, 3.8) is 0 Å². The second-order valence-corrected chi connectivity index (χ2v) is 9.70. The van der Waals surface area contributed by atoms with Gasteiger partial charge in [-0.25, -0.2) is 0 Å². The summed E-state index contributed by atoms with van der Waals surface area (Å²) in [6.07, 6.45) is 15.7. The molecule has 1 heterocycles. The molecule has 1 heteroatoms. The molecule has 5 rings (SSSR count). The monoisotopic (exact) mass is 338 g/mol. The minimum atomic E-state index is -0.0247. The molecule has 25 heavy (non-hydrogen) atoms. The van der Waals surface area contributed by atoms with Gasteiger partial charge >= 0.3 is 0 Å². The highest BCUT2D eigenvalue weighted by molar-refractivity contribution is 5.38. The van der Waals surface area contributed by atoms with Crippen molar-refractivity contribution in [2.45, 2.75) is 76.9 Å².